The van der Waals surface area contributed by atoms with Gasteiger partial charge in [0, 0.05) is 25.2 Å². The van der Waals surface area contributed by atoms with E-state index in [0.717, 1.165) is 0 Å². The number of carbonyl (C=O) groups excluding carboxylic acids is 1. The summed E-state index contributed by atoms with van der Waals surface area (Å²) < 4.78 is 0. The van der Waals surface area contributed by atoms with Gasteiger partial charge in [0.25, 0.3) is 5.91 Å². The maximum Gasteiger partial charge on any atom is 0.253 e. The second kappa shape index (κ2) is 7.13. The van der Waals surface area contributed by atoms with Crippen molar-refractivity contribution in [3.63, 3.8) is 0 Å². The molecule has 0 radical (unpaired) electrons. The van der Waals surface area contributed by atoms with Crippen LogP contribution in [0.1, 0.15) is 33.1 Å². The average molecular weight is 375 g/mol. The number of hydrogen-bond acceptors (Lipinski definition) is 9. The first-order valence-electron chi connectivity index (χ1n) is 8.18. The van der Waals surface area contributed by atoms with Gasteiger partial charge in [0.05, 0.1) is 5.69 Å². The van der Waals surface area contributed by atoms with Crippen molar-refractivity contribution in [2.45, 2.75) is 6.04 Å². The molecule has 10 nitrogen and oxygen atoms in total. The lowest BCUT2D eigenvalue weighted by Gasteiger charge is -2.27. The van der Waals surface area contributed by atoms with Gasteiger partial charge in [0.15, 0.2) is 6.19 Å². The molecular weight excluding hydrogens is 358 g/mol. The second-order valence-corrected chi connectivity index (χ2v) is 6.19. The van der Waals surface area contributed by atoms with Gasteiger partial charge >= 0.3 is 0 Å². The lowest BCUT2D eigenvalue weighted by Crippen LogP contribution is -2.33. The topological polar surface area (TPSA) is 169 Å². The van der Waals surface area contributed by atoms with E-state index in [1.807, 2.05) is 6.07 Å². The smallest absolute Gasteiger partial charge is 0.253 e. The van der Waals surface area contributed by atoms with E-state index in [1.165, 1.54) is 4.90 Å². The highest BCUT2D eigenvalue weighted by Crippen LogP contribution is 2.41. The summed E-state index contributed by atoms with van der Waals surface area (Å²) in [5, 5.41) is 23.6. The van der Waals surface area contributed by atoms with Crippen LogP contribution >= 0.6 is 0 Å². The van der Waals surface area contributed by atoms with Crippen molar-refractivity contribution in [2.75, 3.05) is 30.9 Å². The SMILES string of the molecule is CN(C)C(=O)c1ccccc1C1N=C(NC#N)Nc2nc(N)c(C#N)c(N)c21. The number of nitrogen functional groups attached to an aromatic ring is 2. The molecule has 0 aliphatic carbocycles. The van der Waals surface area contributed by atoms with E-state index in [1.54, 1.807) is 44.6 Å². The van der Waals surface area contributed by atoms with Gasteiger partial charge in [-0.1, -0.05) is 18.2 Å². The maximum atomic E-state index is 12.7. The zero-order chi connectivity index (χ0) is 20.4. The molecule has 0 spiro atoms. The first-order chi connectivity index (χ1) is 13.4. The number of nitrogens with zero attached hydrogens (tertiary/aromatic N) is 5. The number of aliphatic imine (C=N–C) groups is 1. The van der Waals surface area contributed by atoms with Gasteiger partial charge in [-0.25, -0.2) is 9.98 Å². The van der Waals surface area contributed by atoms with Crippen LogP contribution in [0.5, 0.6) is 0 Å². The van der Waals surface area contributed by atoms with E-state index < -0.39 is 6.04 Å². The summed E-state index contributed by atoms with van der Waals surface area (Å²) in [6, 6.07) is 8.10. The summed E-state index contributed by atoms with van der Waals surface area (Å²) in [5.41, 5.74) is 13.6. The fourth-order valence-electron chi connectivity index (χ4n) is 2.98. The fraction of sp³-hybridized carbons (Fsp3) is 0.167. The highest BCUT2D eigenvalue weighted by atomic mass is 16.2. The number of aromatic nitrogens is 1. The molecule has 2 heterocycles. The number of rotatable bonds is 2. The summed E-state index contributed by atoms with van der Waals surface area (Å²) in [7, 11) is 3.29. The summed E-state index contributed by atoms with van der Waals surface area (Å²) >= 11 is 0. The molecule has 1 amide bonds. The van der Waals surface area contributed by atoms with Crippen LogP contribution in [0.2, 0.25) is 0 Å². The van der Waals surface area contributed by atoms with E-state index >= 15 is 0 Å². The zero-order valence-corrected chi connectivity index (χ0v) is 15.2. The van der Waals surface area contributed by atoms with Gasteiger partial charge in [-0.05, 0) is 11.6 Å². The molecule has 1 unspecified atom stereocenters. The Morgan fingerprint density at radius 1 is 1.29 bits per heavy atom. The first kappa shape index (κ1) is 18.5. The van der Waals surface area contributed by atoms with Gasteiger partial charge < -0.3 is 21.7 Å². The minimum absolute atomic E-state index is 0.0360. The summed E-state index contributed by atoms with van der Waals surface area (Å²) in [4.78, 5) is 22.8. The van der Waals surface area contributed by atoms with Crippen molar-refractivity contribution in [3.05, 3.63) is 46.5 Å². The Bertz CT molecular complexity index is 1080. The third-order valence-electron chi connectivity index (χ3n) is 4.25. The number of guanidine groups is 1. The van der Waals surface area contributed by atoms with Crippen molar-refractivity contribution in [1.29, 1.82) is 10.5 Å². The van der Waals surface area contributed by atoms with Crippen LogP contribution < -0.4 is 22.1 Å². The van der Waals surface area contributed by atoms with Crippen molar-refractivity contribution in [3.8, 4) is 12.3 Å². The first-order valence-corrected chi connectivity index (χ1v) is 8.18. The number of pyridine rings is 1. The average Bonchev–Trinajstić information content (AvgIpc) is 2.67. The molecule has 1 aliphatic rings. The van der Waals surface area contributed by atoms with Gasteiger partial charge in [0.2, 0.25) is 5.96 Å². The summed E-state index contributed by atoms with van der Waals surface area (Å²) in [6.07, 6.45) is 1.79. The molecule has 10 heteroatoms. The monoisotopic (exact) mass is 375 g/mol. The van der Waals surface area contributed by atoms with Crippen LogP contribution in [0.25, 0.3) is 0 Å². The number of nitrogens with one attached hydrogen (secondary N) is 2. The molecule has 0 bridgehead atoms. The normalized spacial score (nSPS) is 14.6. The molecule has 0 saturated carbocycles. The largest absolute Gasteiger partial charge is 0.397 e. The van der Waals surface area contributed by atoms with Crippen LogP contribution in [0, 0.1) is 22.8 Å². The zero-order valence-electron chi connectivity index (χ0n) is 15.2. The van der Waals surface area contributed by atoms with E-state index in [0.29, 0.717) is 16.7 Å². The standard InChI is InChI=1S/C18H17N9O/c1-27(2)17(28)10-6-4-3-5-9(10)14-12-13(21)11(7-19)15(22)25-16(12)26-18(24-14)23-8-20/h3-6,14H,1-2H3,(H6,21,22,23,24,25,26). The van der Waals surface area contributed by atoms with E-state index in [4.69, 9.17) is 16.7 Å². The number of anilines is 3. The van der Waals surface area contributed by atoms with Crippen LogP contribution in [-0.4, -0.2) is 35.8 Å². The van der Waals surface area contributed by atoms with E-state index in [-0.39, 0.29) is 34.8 Å². The highest BCUT2D eigenvalue weighted by molar-refractivity contribution is 6.00. The number of hydrogen-bond donors (Lipinski definition) is 4. The van der Waals surface area contributed by atoms with Gasteiger partial charge in [-0.15, -0.1) is 0 Å². The molecule has 6 N–H and O–H groups in total. The van der Waals surface area contributed by atoms with Crippen molar-refractivity contribution in [1.82, 2.24) is 15.2 Å². The molecule has 1 aromatic heterocycles. The molecule has 0 saturated heterocycles. The predicted molar refractivity (Wildman–Crippen MR) is 104 cm³/mol. The van der Waals surface area contributed by atoms with Crippen molar-refractivity contribution < 1.29 is 4.79 Å². The Hall–Kier alpha value is -4.31. The number of benzene rings is 1. The maximum absolute atomic E-state index is 12.7. The van der Waals surface area contributed by atoms with Crippen LogP contribution in [0.3, 0.4) is 0 Å². The third kappa shape index (κ3) is 2.99. The van der Waals surface area contributed by atoms with Crippen LogP contribution in [0.4, 0.5) is 17.3 Å². The third-order valence-corrected chi connectivity index (χ3v) is 4.25. The molecule has 28 heavy (non-hydrogen) atoms. The Morgan fingerprint density at radius 2 is 2.00 bits per heavy atom. The number of nitrogens with two attached hydrogens (primary N) is 2. The molecule has 1 aromatic carbocycles. The van der Waals surface area contributed by atoms with E-state index in [9.17, 15) is 10.1 Å². The molecule has 0 fully saturated rings. The van der Waals surface area contributed by atoms with Crippen molar-refractivity contribution >= 4 is 29.2 Å². The number of nitriles is 2. The summed E-state index contributed by atoms with van der Waals surface area (Å²) in [5.74, 6) is 0.131. The number of amides is 1. The van der Waals surface area contributed by atoms with Crippen LogP contribution in [-0.2, 0) is 0 Å². The molecule has 1 aliphatic heterocycles. The van der Waals surface area contributed by atoms with E-state index in [2.05, 4.69) is 20.6 Å². The number of fused-ring (bicyclic) bond motifs is 1. The van der Waals surface area contributed by atoms with Gasteiger partial charge in [-0.3, -0.25) is 10.1 Å². The second-order valence-electron chi connectivity index (χ2n) is 6.19. The highest BCUT2D eigenvalue weighted by Gasteiger charge is 2.32. The number of carbonyl (C=O) groups is 1. The molecule has 2 aromatic rings. The molecule has 140 valence electrons. The predicted octanol–water partition coefficient (Wildman–Crippen LogP) is 0.761. The summed E-state index contributed by atoms with van der Waals surface area (Å²) in [6.45, 7) is 0. The molecular formula is C18H17N9O. The Balaban J connectivity index is 2.29. The van der Waals surface area contributed by atoms with Crippen LogP contribution in [0.15, 0.2) is 29.3 Å². The Kier molecular flexibility index (Phi) is 4.71. The molecule has 3 rings (SSSR count). The van der Waals surface area contributed by atoms with Crippen molar-refractivity contribution in [2.24, 2.45) is 4.99 Å². The van der Waals surface area contributed by atoms with Gasteiger partial charge in [-0.2, -0.15) is 10.5 Å². The van der Waals surface area contributed by atoms with Gasteiger partial charge in [0.1, 0.15) is 29.3 Å². The Labute approximate surface area is 161 Å². The lowest BCUT2D eigenvalue weighted by atomic mass is 9.91. The minimum atomic E-state index is -0.771. The minimum Gasteiger partial charge on any atom is -0.397 e. The fourth-order valence-corrected chi connectivity index (χ4v) is 2.98. The lowest BCUT2D eigenvalue weighted by molar-refractivity contribution is 0.0826. The quantitative estimate of drug-likeness (QED) is 0.440. The molecule has 1 atom stereocenters. The Morgan fingerprint density at radius 3 is 2.64 bits per heavy atom.